The number of pyridine rings is 2. The van der Waals surface area contributed by atoms with Crippen LogP contribution in [0, 0.1) is 0 Å². The third-order valence-electron chi connectivity index (χ3n) is 6.46. The summed E-state index contributed by atoms with van der Waals surface area (Å²) >= 11 is 17.3. The van der Waals surface area contributed by atoms with Crippen molar-refractivity contribution in [3.05, 3.63) is 58.8 Å². The zero-order valence-electron chi connectivity index (χ0n) is 29.4. The Balaban J connectivity index is 0.000000297. The summed E-state index contributed by atoms with van der Waals surface area (Å²) in [5.41, 5.74) is 2.39. The van der Waals surface area contributed by atoms with E-state index in [-0.39, 0.29) is 30.8 Å². The van der Waals surface area contributed by atoms with E-state index in [4.69, 9.17) is 39.5 Å². The zero-order valence-corrected chi connectivity index (χ0v) is 31.7. The number of amides is 1. The van der Waals surface area contributed by atoms with E-state index >= 15 is 0 Å². The number of hydrogen-bond acceptors (Lipinski definition) is 11. The molecule has 4 rings (SSSR count). The molecule has 2 heterocycles. The number of fused-ring (bicyclic) bond motifs is 2. The van der Waals surface area contributed by atoms with Gasteiger partial charge in [0.1, 0.15) is 18.9 Å². The maximum absolute atomic E-state index is 12.0. The van der Waals surface area contributed by atoms with Gasteiger partial charge in [-0.15, -0.1) is 0 Å². The van der Waals surface area contributed by atoms with Gasteiger partial charge < -0.3 is 41.0 Å². The first-order valence-electron chi connectivity index (χ1n) is 15.9. The van der Waals surface area contributed by atoms with Gasteiger partial charge in [-0.25, -0.2) is 9.97 Å². The zero-order chi connectivity index (χ0) is 37.5. The highest BCUT2D eigenvalue weighted by molar-refractivity contribution is 6.63. The fourth-order valence-corrected chi connectivity index (χ4v) is 4.83. The number of carbonyl (C=O) groups excluding carboxylic acids is 2. The number of nitrogens with zero attached hydrogens (tertiary/aromatic N) is 2. The van der Waals surface area contributed by atoms with E-state index in [0.717, 1.165) is 27.7 Å². The van der Waals surface area contributed by atoms with E-state index in [9.17, 15) is 19.8 Å². The molecule has 0 aliphatic heterocycles. The van der Waals surface area contributed by atoms with E-state index < -0.39 is 16.4 Å². The van der Waals surface area contributed by atoms with Crippen LogP contribution in [0.4, 0.5) is 22.7 Å². The molecule has 1 amide bonds. The second kappa shape index (κ2) is 20.4. The first-order valence-corrected chi connectivity index (χ1v) is 17.0. The summed E-state index contributed by atoms with van der Waals surface area (Å²) < 4.78 is 9.73. The molecule has 0 saturated carbocycles. The second-order valence-corrected chi connectivity index (χ2v) is 13.2. The quantitative estimate of drug-likeness (QED) is 0.0583. The van der Waals surface area contributed by atoms with Gasteiger partial charge in [0.05, 0.1) is 39.3 Å². The van der Waals surface area contributed by atoms with Crippen molar-refractivity contribution in [2.24, 2.45) is 0 Å². The van der Waals surface area contributed by atoms with Crippen molar-refractivity contribution in [2.45, 2.75) is 52.7 Å². The molecule has 0 radical (unpaired) electrons. The molecule has 0 fully saturated rings. The molecule has 0 saturated heterocycles. The number of aliphatic hydroxyl groups is 2. The number of ether oxygens (including phenoxy) is 2. The average Bonchev–Trinajstić information content (AvgIpc) is 3.04. The highest BCUT2D eigenvalue weighted by atomic mass is 35.5. The molecule has 0 bridgehead atoms. The predicted molar refractivity (Wildman–Crippen MR) is 205 cm³/mol. The second-order valence-electron chi connectivity index (χ2n) is 12.1. The molecule has 15 heteroatoms. The van der Waals surface area contributed by atoms with Crippen LogP contribution >= 0.6 is 34.8 Å². The molecule has 0 unspecified atom stereocenters. The Bertz CT molecular complexity index is 1710. The monoisotopic (exact) mass is 752 g/mol. The number of nitrogens with one attached hydrogen (secondary N) is 4. The third kappa shape index (κ3) is 14.4. The Morgan fingerprint density at radius 3 is 1.54 bits per heavy atom. The molecule has 274 valence electrons. The van der Waals surface area contributed by atoms with E-state index in [1.165, 1.54) is 0 Å². The van der Waals surface area contributed by atoms with Crippen molar-refractivity contribution in [1.29, 1.82) is 0 Å². The summed E-state index contributed by atoms with van der Waals surface area (Å²) in [5, 5.41) is 34.0. The number of hydrogen-bond donors (Lipinski definition) is 6. The highest BCUT2D eigenvalue weighted by Crippen LogP contribution is 2.37. The molecule has 2 aromatic carbocycles. The van der Waals surface area contributed by atoms with Gasteiger partial charge >= 0.3 is 0 Å². The van der Waals surface area contributed by atoms with Crippen LogP contribution in [0.1, 0.15) is 41.5 Å². The van der Waals surface area contributed by atoms with Crippen molar-refractivity contribution >= 4 is 90.5 Å². The summed E-state index contributed by atoms with van der Waals surface area (Å²) in [6, 6.07) is 15.2. The predicted octanol–water partition coefficient (Wildman–Crippen LogP) is 6.95. The number of aromatic nitrogens is 2. The molecule has 0 aliphatic rings. The molecule has 50 heavy (non-hydrogen) atoms. The van der Waals surface area contributed by atoms with Crippen LogP contribution in [0.3, 0.4) is 0 Å². The standard InChI is InChI=1S/C17H22ClN3O3.C14H18ClN3O.C4H7ClO2/c1-4-24-9-13(22)21-15-14(19-10-17(2,3)23)11-7-5-6-8-12(11)20-16(15)18;1-14(2,19)8-17-11-9-6-4-5-7-10(9)18-13(15)12(11)16-3;1-2-7-3-4(5)6/h5-8,23H,4,9-10H2,1-3H3,(H,19,20)(H,21,22);4-7,16,19H,8H2,1-3H3,(H,17,18);2-3H2,1H3. The summed E-state index contributed by atoms with van der Waals surface area (Å²) in [6.45, 7) is 12.2. The maximum Gasteiger partial charge on any atom is 0.250 e. The van der Waals surface area contributed by atoms with Crippen LogP contribution in [0.5, 0.6) is 0 Å². The van der Waals surface area contributed by atoms with Crippen molar-refractivity contribution in [3.63, 3.8) is 0 Å². The molecule has 0 atom stereocenters. The van der Waals surface area contributed by atoms with Crippen molar-refractivity contribution in [3.8, 4) is 0 Å². The number of anilines is 4. The lowest BCUT2D eigenvalue weighted by Gasteiger charge is -2.22. The van der Waals surface area contributed by atoms with Crippen molar-refractivity contribution in [1.82, 2.24) is 9.97 Å². The summed E-state index contributed by atoms with van der Waals surface area (Å²) in [7, 11) is 1.80. The van der Waals surface area contributed by atoms with Crippen LogP contribution in [0.25, 0.3) is 21.8 Å². The van der Waals surface area contributed by atoms with Crippen LogP contribution in [0.15, 0.2) is 48.5 Å². The Morgan fingerprint density at radius 2 is 1.14 bits per heavy atom. The molecule has 0 spiro atoms. The minimum absolute atomic E-state index is 0.0258. The molecule has 0 aliphatic carbocycles. The first kappa shape index (κ1) is 42.7. The smallest absolute Gasteiger partial charge is 0.250 e. The average molecular weight is 754 g/mol. The number of carbonyl (C=O) groups is 2. The van der Waals surface area contributed by atoms with Gasteiger partial charge in [-0.05, 0) is 65.3 Å². The van der Waals surface area contributed by atoms with Gasteiger partial charge in [-0.2, -0.15) is 0 Å². The van der Waals surface area contributed by atoms with Gasteiger partial charge in [0.25, 0.3) is 5.91 Å². The van der Waals surface area contributed by atoms with Crippen LogP contribution < -0.4 is 21.3 Å². The number of benzene rings is 2. The van der Waals surface area contributed by atoms with E-state index in [2.05, 4.69) is 36.0 Å². The Hall–Kier alpha value is -3.49. The SMILES string of the molecule is CCOCC(=O)Cl.CCOCC(=O)Nc1c(Cl)nc2ccccc2c1NCC(C)(C)O.CNc1c(Cl)nc2ccccc2c1NCC(C)(C)O. The largest absolute Gasteiger partial charge is 0.389 e. The Kier molecular flexibility index (Phi) is 17.4. The van der Waals surface area contributed by atoms with Crippen LogP contribution in [-0.2, 0) is 19.1 Å². The normalized spacial score (nSPS) is 11.2. The lowest BCUT2D eigenvalue weighted by Crippen LogP contribution is -2.30. The van der Waals surface area contributed by atoms with Gasteiger partial charge in [-0.3, -0.25) is 9.59 Å². The summed E-state index contributed by atoms with van der Waals surface area (Å²) in [4.78, 5) is 30.5. The highest BCUT2D eigenvalue weighted by Gasteiger charge is 2.20. The molecule has 2 aromatic heterocycles. The summed E-state index contributed by atoms with van der Waals surface area (Å²) in [6.07, 6.45) is 0. The lowest BCUT2D eigenvalue weighted by molar-refractivity contribution is -0.120. The van der Waals surface area contributed by atoms with Gasteiger partial charge in [0.15, 0.2) is 10.3 Å². The fraction of sp³-hybridized carbons (Fsp3) is 0.429. The van der Waals surface area contributed by atoms with Crippen molar-refractivity contribution < 1.29 is 29.3 Å². The Labute approximate surface area is 308 Å². The van der Waals surface area contributed by atoms with E-state index in [1.807, 2.05) is 55.5 Å². The Morgan fingerprint density at radius 1 is 0.720 bits per heavy atom. The van der Waals surface area contributed by atoms with Gasteiger partial charge in [-0.1, -0.05) is 59.6 Å². The number of rotatable bonds is 14. The fourth-order valence-electron chi connectivity index (χ4n) is 4.24. The third-order valence-corrected chi connectivity index (χ3v) is 7.12. The van der Waals surface area contributed by atoms with Crippen LogP contribution in [-0.4, -0.2) is 89.1 Å². The summed E-state index contributed by atoms with van der Waals surface area (Å²) in [5.74, 6) is -0.317. The first-order chi connectivity index (χ1) is 23.5. The van der Waals surface area contributed by atoms with E-state index in [0.29, 0.717) is 41.8 Å². The molecule has 12 nitrogen and oxygen atoms in total. The maximum atomic E-state index is 12.0. The molecule has 4 aromatic rings. The van der Waals surface area contributed by atoms with Crippen LogP contribution in [0.2, 0.25) is 10.3 Å². The number of halogens is 3. The molecular weight excluding hydrogens is 707 g/mol. The topological polar surface area (TPSA) is 167 Å². The van der Waals surface area contributed by atoms with E-state index in [1.54, 1.807) is 41.7 Å². The number of para-hydroxylation sites is 2. The minimum Gasteiger partial charge on any atom is -0.389 e. The minimum atomic E-state index is -0.927. The molecular formula is C35H47Cl3N6O6. The van der Waals surface area contributed by atoms with Crippen molar-refractivity contribution in [2.75, 3.05) is 67.8 Å². The van der Waals surface area contributed by atoms with Gasteiger partial charge in [0, 0.05) is 44.1 Å². The lowest BCUT2D eigenvalue weighted by atomic mass is 10.1. The van der Waals surface area contributed by atoms with Gasteiger partial charge in [0.2, 0.25) is 5.24 Å². The molecule has 6 N–H and O–H groups in total.